The van der Waals surface area contributed by atoms with Gasteiger partial charge >= 0.3 is 6.09 Å². The summed E-state index contributed by atoms with van der Waals surface area (Å²) in [7, 11) is 3.26. The topological polar surface area (TPSA) is 48.0 Å². The van der Waals surface area contributed by atoms with Crippen LogP contribution in [0.1, 0.15) is 58.4 Å². The molecule has 0 aromatic heterocycles. The van der Waals surface area contributed by atoms with E-state index in [-0.39, 0.29) is 6.09 Å². The van der Waals surface area contributed by atoms with Crippen LogP contribution >= 0.6 is 15.9 Å². The monoisotopic (exact) mass is 441 g/mol. The number of carbonyl (C=O) groups excluding carboxylic acids is 1. The Bertz CT molecular complexity index is 611. The lowest BCUT2D eigenvalue weighted by Gasteiger charge is -2.32. The summed E-state index contributed by atoms with van der Waals surface area (Å²) < 4.78 is 17.7. The molecule has 1 aliphatic rings. The zero-order chi connectivity index (χ0) is 20.0. The SMILES string of the molecule is COc1cc(Br)cc(OC)c1CN(CC1CCCCC1)C(=O)OC(C)(C)C. The molecule has 6 heteroatoms. The van der Waals surface area contributed by atoms with Crippen LogP contribution in [-0.4, -0.2) is 37.4 Å². The van der Waals surface area contributed by atoms with Gasteiger partial charge in [0.1, 0.15) is 17.1 Å². The van der Waals surface area contributed by atoms with E-state index in [0.29, 0.717) is 30.5 Å². The highest BCUT2D eigenvalue weighted by Crippen LogP contribution is 2.35. The molecule has 1 fully saturated rings. The van der Waals surface area contributed by atoms with Gasteiger partial charge in [0.2, 0.25) is 0 Å². The van der Waals surface area contributed by atoms with Crippen molar-refractivity contribution in [3.05, 3.63) is 22.2 Å². The quantitative estimate of drug-likeness (QED) is 0.560. The number of nitrogens with zero attached hydrogens (tertiary/aromatic N) is 1. The summed E-state index contributed by atoms with van der Waals surface area (Å²) in [5, 5.41) is 0. The number of rotatable bonds is 6. The lowest BCUT2D eigenvalue weighted by molar-refractivity contribution is 0.0187. The third kappa shape index (κ3) is 6.59. The van der Waals surface area contributed by atoms with E-state index in [0.717, 1.165) is 22.9 Å². The Labute approximate surface area is 171 Å². The van der Waals surface area contributed by atoms with Gasteiger partial charge in [-0.3, -0.25) is 0 Å². The van der Waals surface area contributed by atoms with Crippen molar-refractivity contribution < 1.29 is 19.0 Å². The smallest absolute Gasteiger partial charge is 0.410 e. The van der Waals surface area contributed by atoms with E-state index in [4.69, 9.17) is 14.2 Å². The van der Waals surface area contributed by atoms with Gasteiger partial charge in [0, 0.05) is 11.0 Å². The van der Waals surface area contributed by atoms with E-state index < -0.39 is 5.60 Å². The van der Waals surface area contributed by atoms with E-state index in [1.807, 2.05) is 32.9 Å². The fourth-order valence-electron chi connectivity index (χ4n) is 3.51. The molecule has 0 spiro atoms. The van der Waals surface area contributed by atoms with E-state index in [1.165, 1.54) is 19.3 Å². The first-order valence-electron chi connectivity index (χ1n) is 9.62. The normalized spacial score (nSPS) is 15.3. The molecule has 0 bridgehead atoms. The van der Waals surface area contributed by atoms with Gasteiger partial charge in [0.05, 0.1) is 26.3 Å². The molecule has 1 aliphatic carbocycles. The lowest BCUT2D eigenvalue weighted by atomic mass is 9.89. The number of amides is 1. The third-order valence-corrected chi connectivity index (χ3v) is 5.23. The molecule has 0 radical (unpaired) electrons. The minimum absolute atomic E-state index is 0.292. The molecule has 1 saturated carbocycles. The predicted octanol–water partition coefficient (Wildman–Crippen LogP) is 5.78. The van der Waals surface area contributed by atoms with Crippen molar-refractivity contribution in [3.63, 3.8) is 0 Å². The van der Waals surface area contributed by atoms with Crippen LogP contribution in [0, 0.1) is 5.92 Å². The van der Waals surface area contributed by atoms with Gasteiger partial charge in [-0.15, -0.1) is 0 Å². The van der Waals surface area contributed by atoms with E-state index in [1.54, 1.807) is 19.1 Å². The second-order valence-electron chi connectivity index (χ2n) is 8.15. The van der Waals surface area contributed by atoms with Gasteiger partial charge in [-0.2, -0.15) is 0 Å². The summed E-state index contributed by atoms with van der Waals surface area (Å²) in [4.78, 5) is 14.7. The molecule has 1 aromatic carbocycles. The highest BCUT2D eigenvalue weighted by atomic mass is 79.9. The summed E-state index contributed by atoms with van der Waals surface area (Å²) in [6.45, 7) is 6.77. The van der Waals surface area contributed by atoms with Crippen LogP contribution in [-0.2, 0) is 11.3 Å². The molecule has 0 N–H and O–H groups in total. The van der Waals surface area contributed by atoms with Gasteiger partial charge in [0.15, 0.2) is 0 Å². The van der Waals surface area contributed by atoms with Crippen LogP contribution in [0.3, 0.4) is 0 Å². The van der Waals surface area contributed by atoms with Gasteiger partial charge in [-0.1, -0.05) is 35.2 Å². The number of carbonyl (C=O) groups is 1. The number of hydrogen-bond donors (Lipinski definition) is 0. The molecule has 5 nitrogen and oxygen atoms in total. The van der Waals surface area contributed by atoms with Crippen molar-refractivity contribution in [2.75, 3.05) is 20.8 Å². The van der Waals surface area contributed by atoms with E-state index in [9.17, 15) is 4.79 Å². The molecule has 1 amide bonds. The van der Waals surface area contributed by atoms with Crippen LogP contribution in [0.15, 0.2) is 16.6 Å². The Kier molecular flexibility index (Phi) is 7.83. The van der Waals surface area contributed by atoms with Gasteiger partial charge in [0.25, 0.3) is 0 Å². The fraction of sp³-hybridized carbons (Fsp3) is 0.667. The number of ether oxygens (including phenoxy) is 3. The maximum atomic E-state index is 12.9. The first-order valence-corrected chi connectivity index (χ1v) is 10.4. The van der Waals surface area contributed by atoms with Crippen molar-refractivity contribution in [3.8, 4) is 11.5 Å². The molecule has 152 valence electrons. The van der Waals surface area contributed by atoms with Gasteiger partial charge in [-0.05, 0) is 51.7 Å². The minimum atomic E-state index is -0.532. The summed E-state index contributed by atoms with van der Waals surface area (Å²) in [5.41, 5.74) is 0.320. The summed E-state index contributed by atoms with van der Waals surface area (Å²) in [6, 6.07) is 3.79. The number of hydrogen-bond acceptors (Lipinski definition) is 4. The fourth-order valence-corrected chi connectivity index (χ4v) is 3.93. The first kappa shape index (κ1) is 21.9. The van der Waals surface area contributed by atoms with Crippen LogP contribution in [0.2, 0.25) is 0 Å². The molecule has 0 saturated heterocycles. The Morgan fingerprint density at radius 1 is 1.11 bits per heavy atom. The molecule has 0 atom stereocenters. The predicted molar refractivity (Wildman–Crippen MR) is 110 cm³/mol. The number of benzene rings is 1. The largest absolute Gasteiger partial charge is 0.496 e. The van der Waals surface area contributed by atoms with Gasteiger partial charge < -0.3 is 19.1 Å². The highest BCUT2D eigenvalue weighted by molar-refractivity contribution is 9.10. The molecule has 2 rings (SSSR count). The molecule has 0 aliphatic heterocycles. The van der Waals surface area contributed by atoms with Crippen LogP contribution in [0.25, 0.3) is 0 Å². The first-order chi connectivity index (χ1) is 12.7. The van der Waals surface area contributed by atoms with Crippen LogP contribution in [0.4, 0.5) is 4.79 Å². The minimum Gasteiger partial charge on any atom is -0.496 e. The average molecular weight is 442 g/mol. The Morgan fingerprint density at radius 3 is 2.15 bits per heavy atom. The Balaban J connectivity index is 2.28. The zero-order valence-corrected chi connectivity index (χ0v) is 18.7. The maximum Gasteiger partial charge on any atom is 0.410 e. The molecule has 1 aromatic rings. The molecule has 0 heterocycles. The van der Waals surface area contributed by atoms with Crippen molar-refractivity contribution in [1.82, 2.24) is 4.90 Å². The maximum absolute atomic E-state index is 12.9. The second-order valence-corrected chi connectivity index (χ2v) is 9.07. The average Bonchev–Trinajstić information content (AvgIpc) is 2.61. The molecular weight excluding hydrogens is 410 g/mol. The summed E-state index contributed by atoms with van der Waals surface area (Å²) in [5.74, 6) is 1.90. The van der Waals surface area contributed by atoms with E-state index in [2.05, 4.69) is 15.9 Å². The lowest BCUT2D eigenvalue weighted by Crippen LogP contribution is -2.39. The molecular formula is C21H32BrNO4. The zero-order valence-electron chi connectivity index (χ0n) is 17.1. The van der Waals surface area contributed by atoms with Crippen molar-refractivity contribution >= 4 is 22.0 Å². The summed E-state index contributed by atoms with van der Waals surface area (Å²) in [6.07, 6.45) is 5.79. The van der Waals surface area contributed by atoms with Crippen molar-refractivity contribution in [2.24, 2.45) is 5.92 Å². The Morgan fingerprint density at radius 2 is 1.67 bits per heavy atom. The summed E-state index contributed by atoms with van der Waals surface area (Å²) >= 11 is 3.48. The van der Waals surface area contributed by atoms with Gasteiger partial charge in [-0.25, -0.2) is 4.79 Å². The Hall–Kier alpha value is -1.43. The molecule has 0 unspecified atom stereocenters. The van der Waals surface area contributed by atoms with E-state index >= 15 is 0 Å². The van der Waals surface area contributed by atoms with Crippen LogP contribution < -0.4 is 9.47 Å². The number of halogens is 1. The van der Waals surface area contributed by atoms with Crippen LogP contribution in [0.5, 0.6) is 11.5 Å². The second kappa shape index (κ2) is 9.67. The van der Waals surface area contributed by atoms with Crippen molar-refractivity contribution in [1.29, 1.82) is 0 Å². The highest BCUT2D eigenvalue weighted by Gasteiger charge is 2.27. The van der Waals surface area contributed by atoms with Crippen molar-refractivity contribution in [2.45, 2.75) is 65.0 Å². The number of methoxy groups -OCH3 is 2. The molecule has 27 heavy (non-hydrogen) atoms. The standard InChI is InChI=1S/C21H32BrNO4/c1-21(2,3)27-20(24)23(13-15-9-7-6-8-10-15)14-17-18(25-4)11-16(22)12-19(17)26-5/h11-12,15H,6-10,13-14H2,1-5H3. The third-order valence-electron chi connectivity index (χ3n) is 4.78.